The topological polar surface area (TPSA) is 63.3 Å². The zero-order valence-electron chi connectivity index (χ0n) is 6.61. The first-order valence-corrected chi connectivity index (χ1v) is 4.44. The quantitative estimate of drug-likeness (QED) is 0.724. The van der Waals surface area contributed by atoms with Crippen molar-refractivity contribution in [3.05, 3.63) is 12.0 Å². The Kier molecular flexibility index (Phi) is 3.16. The van der Waals surface area contributed by atoms with Gasteiger partial charge < -0.3 is 9.52 Å². The van der Waals surface area contributed by atoms with E-state index in [1.54, 1.807) is 6.26 Å². The van der Waals surface area contributed by atoms with Gasteiger partial charge in [0.2, 0.25) is 0 Å². The summed E-state index contributed by atoms with van der Waals surface area (Å²) < 4.78 is 5.01. The Morgan fingerprint density at radius 1 is 1.83 bits per heavy atom. The van der Waals surface area contributed by atoms with Crippen molar-refractivity contribution >= 4 is 17.7 Å². The molecule has 1 aromatic rings. The Bertz CT molecular complexity index is 271. The molecule has 0 aliphatic carbocycles. The lowest BCUT2D eigenvalue weighted by molar-refractivity contribution is -0.136. The second-order valence-electron chi connectivity index (χ2n) is 2.25. The largest absolute Gasteiger partial charge is 0.481 e. The summed E-state index contributed by atoms with van der Waals surface area (Å²) in [6.45, 7) is 1.82. The van der Waals surface area contributed by atoms with E-state index in [0.717, 1.165) is 5.69 Å². The number of carbonyl (C=O) groups is 1. The minimum absolute atomic E-state index is 0.131. The molecule has 1 heterocycles. The molecule has 0 unspecified atom stereocenters. The Morgan fingerprint density at radius 3 is 3.08 bits per heavy atom. The molecule has 0 saturated heterocycles. The highest BCUT2D eigenvalue weighted by atomic mass is 32.2. The number of thioether (sulfide) groups is 1. The van der Waals surface area contributed by atoms with Crippen LogP contribution >= 0.6 is 11.8 Å². The van der Waals surface area contributed by atoms with Crippen LogP contribution in [-0.2, 0) is 4.79 Å². The standard InChI is InChI=1S/C7H9NO3S/c1-5-4-11-7(8-5)12-3-2-6(9)10/h4H,2-3H2,1H3,(H,9,10). The number of rotatable bonds is 4. The number of aryl methyl sites for hydroxylation is 1. The zero-order chi connectivity index (χ0) is 8.97. The molecule has 0 aliphatic rings. The molecule has 0 radical (unpaired) electrons. The van der Waals surface area contributed by atoms with Gasteiger partial charge in [0.15, 0.2) is 0 Å². The van der Waals surface area contributed by atoms with Crippen LogP contribution in [0.3, 0.4) is 0 Å². The first-order chi connectivity index (χ1) is 5.68. The molecule has 1 N–H and O–H groups in total. The van der Waals surface area contributed by atoms with E-state index in [1.807, 2.05) is 6.92 Å². The number of aliphatic carboxylic acids is 1. The Balaban J connectivity index is 2.29. The fraction of sp³-hybridized carbons (Fsp3) is 0.429. The van der Waals surface area contributed by atoms with E-state index in [1.165, 1.54) is 11.8 Å². The lowest BCUT2D eigenvalue weighted by Gasteiger charge is -1.91. The third-order valence-electron chi connectivity index (χ3n) is 1.14. The van der Waals surface area contributed by atoms with Gasteiger partial charge in [0.1, 0.15) is 6.26 Å². The molecule has 1 aromatic heterocycles. The van der Waals surface area contributed by atoms with Crippen LogP contribution in [0.15, 0.2) is 15.9 Å². The highest BCUT2D eigenvalue weighted by Crippen LogP contribution is 2.17. The number of hydrogen-bond donors (Lipinski definition) is 1. The van der Waals surface area contributed by atoms with Gasteiger partial charge in [-0.3, -0.25) is 4.79 Å². The molecule has 0 bridgehead atoms. The van der Waals surface area contributed by atoms with Gasteiger partial charge in [-0.15, -0.1) is 0 Å². The zero-order valence-corrected chi connectivity index (χ0v) is 7.43. The first-order valence-electron chi connectivity index (χ1n) is 3.45. The van der Waals surface area contributed by atoms with Crippen LogP contribution in [-0.4, -0.2) is 21.8 Å². The summed E-state index contributed by atoms with van der Waals surface area (Å²) in [6, 6.07) is 0. The monoisotopic (exact) mass is 187 g/mol. The summed E-state index contributed by atoms with van der Waals surface area (Å²) in [5.41, 5.74) is 0.813. The van der Waals surface area contributed by atoms with E-state index >= 15 is 0 Å². The first kappa shape index (κ1) is 9.12. The van der Waals surface area contributed by atoms with E-state index < -0.39 is 5.97 Å². The maximum Gasteiger partial charge on any atom is 0.304 e. The van der Waals surface area contributed by atoms with Crippen LogP contribution in [0, 0.1) is 6.92 Å². The van der Waals surface area contributed by atoms with Crippen molar-refractivity contribution in [1.82, 2.24) is 4.98 Å². The minimum atomic E-state index is -0.800. The van der Waals surface area contributed by atoms with Crippen LogP contribution in [0.5, 0.6) is 0 Å². The summed E-state index contributed by atoms with van der Waals surface area (Å²) in [5, 5.41) is 8.87. The average Bonchev–Trinajstić information content (AvgIpc) is 2.35. The van der Waals surface area contributed by atoms with Gasteiger partial charge in [-0.05, 0) is 6.92 Å². The fourth-order valence-electron chi connectivity index (χ4n) is 0.624. The summed E-state index contributed by atoms with van der Waals surface area (Å²) in [5.74, 6) is -0.305. The molecule has 0 amide bonds. The van der Waals surface area contributed by atoms with Crippen LogP contribution < -0.4 is 0 Å². The number of carboxylic acids is 1. The maximum absolute atomic E-state index is 10.1. The molecule has 5 heteroatoms. The molecule has 0 spiro atoms. The number of nitrogens with zero attached hydrogens (tertiary/aromatic N) is 1. The van der Waals surface area contributed by atoms with Gasteiger partial charge in [-0.25, -0.2) is 4.98 Å². The maximum atomic E-state index is 10.1. The highest BCUT2D eigenvalue weighted by molar-refractivity contribution is 7.99. The molecule has 0 atom stereocenters. The molecule has 1 rings (SSSR count). The molecule has 0 aliphatic heterocycles. The van der Waals surface area contributed by atoms with Crippen molar-refractivity contribution in [2.24, 2.45) is 0 Å². The van der Waals surface area contributed by atoms with Gasteiger partial charge in [-0.2, -0.15) is 0 Å². The van der Waals surface area contributed by atoms with Crippen molar-refractivity contribution < 1.29 is 14.3 Å². The van der Waals surface area contributed by atoms with Gasteiger partial charge >= 0.3 is 5.97 Å². The van der Waals surface area contributed by atoms with E-state index in [0.29, 0.717) is 11.0 Å². The number of carboxylic acid groups (broad SMARTS) is 1. The average molecular weight is 187 g/mol. The van der Waals surface area contributed by atoms with Crippen LogP contribution in [0.2, 0.25) is 0 Å². The molecule has 0 saturated carbocycles. The fourth-order valence-corrected chi connectivity index (χ4v) is 1.40. The number of oxazole rings is 1. The summed E-state index contributed by atoms with van der Waals surface area (Å²) >= 11 is 1.31. The van der Waals surface area contributed by atoms with Crippen molar-refractivity contribution in [3.63, 3.8) is 0 Å². The van der Waals surface area contributed by atoms with Crippen molar-refractivity contribution in [2.75, 3.05) is 5.75 Å². The van der Waals surface area contributed by atoms with Gasteiger partial charge in [0.25, 0.3) is 5.22 Å². The SMILES string of the molecule is Cc1coc(SCCC(=O)O)n1. The second kappa shape index (κ2) is 4.15. The lowest BCUT2D eigenvalue weighted by atomic mass is 10.5. The van der Waals surface area contributed by atoms with E-state index in [2.05, 4.69) is 4.98 Å². The van der Waals surface area contributed by atoms with Crippen LogP contribution in [0.25, 0.3) is 0 Å². The van der Waals surface area contributed by atoms with Crippen LogP contribution in [0.4, 0.5) is 0 Å². The molecular weight excluding hydrogens is 178 g/mol. The number of hydrogen-bond acceptors (Lipinski definition) is 4. The smallest absolute Gasteiger partial charge is 0.304 e. The Morgan fingerprint density at radius 2 is 2.58 bits per heavy atom. The van der Waals surface area contributed by atoms with Gasteiger partial charge in [0, 0.05) is 5.75 Å². The Labute approximate surface area is 74.0 Å². The van der Waals surface area contributed by atoms with Crippen LogP contribution in [0.1, 0.15) is 12.1 Å². The van der Waals surface area contributed by atoms with Crippen molar-refractivity contribution in [2.45, 2.75) is 18.6 Å². The van der Waals surface area contributed by atoms with Gasteiger partial charge in [0.05, 0.1) is 12.1 Å². The van der Waals surface area contributed by atoms with E-state index in [4.69, 9.17) is 9.52 Å². The molecule has 0 aromatic carbocycles. The van der Waals surface area contributed by atoms with Crippen molar-refractivity contribution in [1.29, 1.82) is 0 Å². The number of aromatic nitrogens is 1. The molecular formula is C7H9NO3S. The normalized spacial score (nSPS) is 10.1. The van der Waals surface area contributed by atoms with E-state index in [-0.39, 0.29) is 6.42 Å². The Hall–Kier alpha value is -0.970. The summed E-state index contributed by atoms with van der Waals surface area (Å²) in [4.78, 5) is 14.1. The predicted octanol–water partition coefficient (Wildman–Crippen LogP) is 1.55. The van der Waals surface area contributed by atoms with Gasteiger partial charge in [-0.1, -0.05) is 11.8 Å². The third-order valence-corrected chi connectivity index (χ3v) is 1.98. The molecule has 66 valence electrons. The molecule has 12 heavy (non-hydrogen) atoms. The highest BCUT2D eigenvalue weighted by Gasteiger charge is 2.02. The second-order valence-corrected chi connectivity index (χ2v) is 3.29. The van der Waals surface area contributed by atoms with E-state index in [9.17, 15) is 4.79 Å². The van der Waals surface area contributed by atoms with Crippen molar-refractivity contribution in [3.8, 4) is 0 Å². The minimum Gasteiger partial charge on any atom is -0.481 e. The predicted molar refractivity (Wildman–Crippen MR) is 44.2 cm³/mol. The summed E-state index contributed by atoms with van der Waals surface area (Å²) in [6.07, 6.45) is 1.68. The third kappa shape index (κ3) is 2.96. The lowest BCUT2D eigenvalue weighted by Crippen LogP contribution is -1.95. The molecule has 0 fully saturated rings. The summed E-state index contributed by atoms with van der Waals surface area (Å²) in [7, 11) is 0. The molecule has 4 nitrogen and oxygen atoms in total.